The van der Waals surface area contributed by atoms with E-state index < -0.39 is 5.60 Å². The Bertz CT molecular complexity index is 982. The van der Waals surface area contributed by atoms with Gasteiger partial charge in [-0.15, -0.1) is 0 Å². The van der Waals surface area contributed by atoms with Crippen molar-refractivity contribution in [3.05, 3.63) is 36.3 Å². The molecule has 3 heterocycles. The highest BCUT2D eigenvalue weighted by Gasteiger charge is 2.36. The SMILES string of the molecule is CC(C)(C)OC(=O)N1CC[C@H](C(=O)N2CCN(c3ccnc4cc(F)ccc34)CC2)C1. The van der Waals surface area contributed by atoms with Crippen LogP contribution < -0.4 is 4.90 Å². The van der Waals surface area contributed by atoms with Gasteiger partial charge in [0.15, 0.2) is 0 Å². The summed E-state index contributed by atoms with van der Waals surface area (Å²) in [4.78, 5) is 35.3. The topological polar surface area (TPSA) is 66.0 Å². The molecule has 1 aromatic heterocycles. The molecule has 2 aliphatic rings. The zero-order valence-corrected chi connectivity index (χ0v) is 18.3. The molecule has 8 heteroatoms. The maximum Gasteiger partial charge on any atom is 0.410 e. The van der Waals surface area contributed by atoms with Gasteiger partial charge in [0.25, 0.3) is 0 Å². The van der Waals surface area contributed by atoms with Crippen LogP contribution in [0.2, 0.25) is 0 Å². The van der Waals surface area contributed by atoms with Crippen molar-refractivity contribution in [2.45, 2.75) is 32.8 Å². The third-order valence-electron chi connectivity index (χ3n) is 5.80. The quantitative estimate of drug-likeness (QED) is 0.735. The Kier molecular flexibility index (Phi) is 5.73. The third kappa shape index (κ3) is 4.73. The molecule has 2 amide bonds. The fourth-order valence-electron chi connectivity index (χ4n) is 4.26. The molecule has 166 valence electrons. The number of aromatic nitrogens is 1. The molecule has 0 aliphatic carbocycles. The number of fused-ring (bicyclic) bond motifs is 1. The largest absolute Gasteiger partial charge is 0.444 e. The molecule has 1 atom stereocenters. The molecule has 1 aromatic carbocycles. The first-order chi connectivity index (χ1) is 14.7. The number of likely N-dealkylation sites (tertiary alicyclic amines) is 1. The van der Waals surface area contributed by atoms with Crippen LogP contribution in [0.4, 0.5) is 14.9 Å². The fourth-order valence-corrected chi connectivity index (χ4v) is 4.26. The molecule has 2 saturated heterocycles. The van der Waals surface area contributed by atoms with Crippen LogP contribution in [0.5, 0.6) is 0 Å². The van der Waals surface area contributed by atoms with Crippen molar-refractivity contribution in [1.82, 2.24) is 14.8 Å². The zero-order chi connectivity index (χ0) is 22.2. The predicted octanol–water partition coefficient (Wildman–Crippen LogP) is 3.28. The number of piperazine rings is 1. The average molecular weight is 429 g/mol. The van der Waals surface area contributed by atoms with E-state index in [0.717, 1.165) is 11.1 Å². The van der Waals surface area contributed by atoms with Gasteiger partial charge in [0, 0.05) is 62.6 Å². The Labute approximate surface area is 181 Å². The van der Waals surface area contributed by atoms with Crippen LogP contribution in [0.1, 0.15) is 27.2 Å². The van der Waals surface area contributed by atoms with E-state index in [1.807, 2.05) is 31.7 Å². The van der Waals surface area contributed by atoms with Crippen LogP contribution >= 0.6 is 0 Å². The number of rotatable bonds is 2. The van der Waals surface area contributed by atoms with Gasteiger partial charge in [-0.1, -0.05) is 0 Å². The minimum Gasteiger partial charge on any atom is -0.444 e. The van der Waals surface area contributed by atoms with Gasteiger partial charge in [0.1, 0.15) is 11.4 Å². The molecular formula is C23H29FN4O3. The van der Waals surface area contributed by atoms with Crippen molar-refractivity contribution in [3.8, 4) is 0 Å². The van der Waals surface area contributed by atoms with Crippen molar-refractivity contribution >= 4 is 28.6 Å². The van der Waals surface area contributed by atoms with Crippen molar-refractivity contribution in [2.75, 3.05) is 44.2 Å². The van der Waals surface area contributed by atoms with Gasteiger partial charge in [-0.05, 0) is 45.4 Å². The molecule has 7 nitrogen and oxygen atoms in total. The average Bonchev–Trinajstić information content (AvgIpc) is 3.22. The monoisotopic (exact) mass is 428 g/mol. The normalized spacial score (nSPS) is 19.7. The number of carbonyl (C=O) groups is 2. The molecular weight excluding hydrogens is 399 g/mol. The van der Waals surface area contributed by atoms with Crippen LogP contribution in [-0.2, 0) is 9.53 Å². The van der Waals surface area contributed by atoms with Crippen molar-refractivity contribution in [3.63, 3.8) is 0 Å². The first-order valence-electron chi connectivity index (χ1n) is 10.8. The number of nitrogens with zero attached hydrogens (tertiary/aromatic N) is 4. The lowest BCUT2D eigenvalue weighted by molar-refractivity contribution is -0.135. The summed E-state index contributed by atoms with van der Waals surface area (Å²) >= 11 is 0. The van der Waals surface area contributed by atoms with Crippen LogP contribution in [0.3, 0.4) is 0 Å². The number of ether oxygens (including phenoxy) is 1. The lowest BCUT2D eigenvalue weighted by Gasteiger charge is -2.37. The Hall–Kier alpha value is -2.90. The summed E-state index contributed by atoms with van der Waals surface area (Å²) in [5, 5.41) is 0.910. The number of benzene rings is 1. The van der Waals surface area contributed by atoms with E-state index in [4.69, 9.17) is 4.74 Å². The Morgan fingerprint density at radius 1 is 1.06 bits per heavy atom. The van der Waals surface area contributed by atoms with E-state index in [2.05, 4.69) is 9.88 Å². The highest BCUT2D eigenvalue weighted by Crippen LogP contribution is 2.28. The van der Waals surface area contributed by atoms with Crippen molar-refractivity contribution < 1.29 is 18.7 Å². The molecule has 2 aliphatic heterocycles. The second-order valence-corrected chi connectivity index (χ2v) is 9.22. The van der Waals surface area contributed by atoms with E-state index in [9.17, 15) is 14.0 Å². The van der Waals surface area contributed by atoms with E-state index >= 15 is 0 Å². The van der Waals surface area contributed by atoms with Crippen molar-refractivity contribution in [2.24, 2.45) is 5.92 Å². The van der Waals surface area contributed by atoms with E-state index in [1.54, 1.807) is 17.2 Å². The number of hydrogen-bond acceptors (Lipinski definition) is 5. The van der Waals surface area contributed by atoms with Gasteiger partial charge in [0.05, 0.1) is 11.4 Å². The Morgan fingerprint density at radius 3 is 2.52 bits per heavy atom. The number of carbonyl (C=O) groups excluding carboxylic acids is 2. The summed E-state index contributed by atoms with van der Waals surface area (Å²) in [7, 11) is 0. The van der Waals surface area contributed by atoms with E-state index in [1.165, 1.54) is 12.1 Å². The molecule has 2 aromatic rings. The second kappa shape index (κ2) is 8.32. The van der Waals surface area contributed by atoms with Gasteiger partial charge >= 0.3 is 6.09 Å². The summed E-state index contributed by atoms with van der Waals surface area (Å²) in [5.74, 6) is -0.374. The number of halogens is 1. The summed E-state index contributed by atoms with van der Waals surface area (Å²) in [5.41, 5.74) is 1.09. The van der Waals surface area contributed by atoms with Crippen molar-refractivity contribution in [1.29, 1.82) is 0 Å². The first kappa shape index (κ1) is 21.3. The third-order valence-corrected chi connectivity index (χ3v) is 5.80. The molecule has 0 radical (unpaired) electrons. The van der Waals surface area contributed by atoms with Crippen LogP contribution in [0.25, 0.3) is 10.9 Å². The minimum absolute atomic E-state index is 0.104. The summed E-state index contributed by atoms with van der Waals surface area (Å²) < 4.78 is 19.0. The molecule has 2 fully saturated rings. The number of anilines is 1. The molecule has 4 rings (SSSR count). The first-order valence-corrected chi connectivity index (χ1v) is 10.8. The zero-order valence-electron chi connectivity index (χ0n) is 18.3. The lowest BCUT2D eigenvalue weighted by atomic mass is 10.1. The highest BCUT2D eigenvalue weighted by atomic mass is 19.1. The van der Waals surface area contributed by atoms with Gasteiger partial charge in [0.2, 0.25) is 5.91 Å². The predicted molar refractivity (Wildman–Crippen MR) is 116 cm³/mol. The van der Waals surface area contributed by atoms with Gasteiger partial charge in [-0.25, -0.2) is 9.18 Å². The highest BCUT2D eigenvalue weighted by molar-refractivity contribution is 5.91. The molecule has 0 N–H and O–H groups in total. The Morgan fingerprint density at radius 2 is 1.81 bits per heavy atom. The standard InChI is InChI=1S/C23H29FN4O3/c1-23(2,3)31-22(30)28-9-7-16(15-28)21(29)27-12-10-26(11-13-27)20-6-8-25-19-14-17(24)4-5-18(19)20/h4-6,8,14,16H,7,9-13,15H2,1-3H3/t16-/m0/s1. The van der Waals surface area contributed by atoms with Crippen LogP contribution in [0, 0.1) is 11.7 Å². The summed E-state index contributed by atoms with van der Waals surface area (Å²) in [6.07, 6.45) is 2.01. The maximum absolute atomic E-state index is 13.5. The number of amides is 2. The molecule has 0 saturated carbocycles. The maximum atomic E-state index is 13.5. The number of hydrogen-bond donors (Lipinski definition) is 0. The molecule has 0 spiro atoms. The minimum atomic E-state index is -0.543. The van der Waals surface area contributed by atoms with Crippen LogP contribution in [-0.4, -0.2) is 71.7 Å². The summed E-state index contributed by atoms with van der Waals surface area (Å²) in [6.45, 7) is 9.11. The van der Waals surface area contributed by atoms with E-state index in [0.29, 0.717) is 51.2 Å². The van der Waals surface area contributed by atoms with Gasteiger partial charge < -0.3 is 19.4 Å². The number of pyridine rings is 1. The molecule has 31 heavy (non-hydrogen) atoms. The smallest absolute Gasteiger partial charge is 0.410 e. The molecule has 0 unspecified atom stereocenters. The Balaban J connectivity index is 1.35. The van der Waals surface area contributed by atoms with E-state index in [-0.39, 0.29) is 23.7 Å². The lowest BCUT2D eigenvalue weighted by Crippen LogP contribution is -2.51. The van der Waals surface area contributed by atoms with Crippen LogP contribution in [0.15, 0.2) is 30.5 Å². The second-order valence-electron chi connectivity index (χ2n) is 9.22. The molecule has 0 bridgehead atoms. The summed E-state index contributed by atoms with van der Waals surface area (Å²) in [6, 6.07) is 6.58. The fraction of sp³-hybridized carbons (Fsp3) is 0.522. The van der Waals surface area contributed by atoms with Gasteiger partial charge in [-0.2, -0.15) is 0 Å². The van der Waals surface area contributed by atoms with Gasteiger partial charge in [-0.3, -0.25) is 9.78 Å².